The number of ether oxygens (including phenoxy) is 4. The summed E-state index contributed by atoms with van der Waals surface area (Å²) in [5.74, 6) is -0.262. The minimum absolute atomic E-state index is 0.259. The molecule has 0 spiro atoms. The summed E-state index contributed by atoms with van der Waals surface area (Å²) in [4.78, 5) is 13.2. The van der Waals surface area contributed by atoms with Crippen molar-refractivity contribution in [1.82, 2.24) is 5.32 Å². The number of unbranched alkanes of at least 4 members (excludes halogenated alkanes) is 27. The van der Waals surface area contributed by atoms with E-state index in [0.717, 1.165) is 64.2 Å². The summed E-state index contributed by atoms with van der Waals surface area (Å²) in [6.07, 6.45) is 38.7. The van der Waals surface area contributed by atoms with E-state index in [4.69, 9.17) is 18.9 Å². The lowest BCUT2D eigenvalue weighted by atomic mass is 9.97. The normalized spacial score (nSPS) is 25.7. The predicted octanol–water partition coefficient (Wildman–Crippen LogP) is 9.61. The summed E-state index contributed by atoms with van der Waals surface area (Å²) < 4.78 is 22.7. The number of nitrogens with one attached hydrogen (secondary N) is 1. The molecular formula is C59H107NO13. The van der Waals surface area contributed by atoms with Crippen molar-refractivity contribution in [2.24, 2.45) is 0 Å². The van der Waals surface area contributed by atoms with E-state index in [9.17, 15) is 45.6 Å². The third kappa shape index (κ3) is 31.1. The molecule has 0 aliphatic carbocycles. The summed E-state index contributed by atoms with van der Waals surface area (Å²) in [6.45, 7) is 2.77. The number of hydrogen-bond donors (Lipinski definition) is 9. The molecule has 14 nitrogen and oxygen atoms in total. The number of aliphatic hydroxyl groups excluding tert-OH is 8. The van der Waals surface area contributed by atoms with Gasteiger partial charge in [-0.25, -0.2) is 0 Å². The highest BCUT2D eigenvalue weighted by molar-refractivity contribution is 5.76. The fourth-order valence-corrected chi connectivity index (χ4v) is 9.44. The number of amides is 1. The Labute approximate surface area is 442 Å². The molecule has 12 atom stereocenters. The van der Waals surface area contributed by atoms with Crippen molar-refractivity contribution in [3.8, 4) is 0 Å². The van der Waals surface area contributed by atoms with E-state index in [1.165, 1.54) is 128 Å². The van der Waals surface area contributed by atoms with Gasteiger partial charge < -0.3 is 65.1 Å². The first-order valence-electron chi connectivity index (χ1n) is 29.4. The first kappa shape index (κ1) is 67.1. The van der Waals surface area contributed by atoms with Gasteiger partial charge in [0.2, 0.25) is 5.91 Å². The molecule has 2 rings (SSSR count). The summed E-state index contributed by atoms with van der Waals surface area (Å²) >= 11 is 0. The standard InChI is InChI=1S/C59H107NO13/c1-3-5-7-9-11-13-15-17-19-21-22-23-24-25-26-27-28-30-32-34-36-38-40-42-48(63)47(60-51(64)43-41-39-37-35-33-31-29-20-18-16-14-12-10-8-6-4-2)46-70-58-56(69)54(67)57(50(45-62)72-58)73-59-55(68)53(66)52(65)49(44-61)71-59/h20,26-27,29,32,34,40,42,47-50,52-59,61-63,65-69H,3-19,21-25,28,30-31,33,35-39,41,43-46H2,1-2H3,(H,60,64)/b27-26+,29-20-,34-32+,42-40+. The van der Waals surface area contributed by atoms with E-state index in [2.05, 4.69) is 55.6 Å². The largest absolute Gasteiger partial charge is 0.394 e. The van der Waals surface area contributed by atoms with Crippen LogP contribution in [-0.2, 0) is 23.7 Å². The van der Waals surface area contributed by atoms with Crippen LogP contribution in [0.3, 0.4) is 0 Å². The molecule has 0 aromatic heterocycles. The van der Waals surface area contributed by atoms with Gasteiger partial charge in [-0.15, -0.1) is 0 Å². The van der Waals surface area contributed by atoms with Crippen LogP contribution >= 0.6 is 0 Å². The number of allylic oxidation sites excluding steroid dienone is 7. The molecule has 0 saturated carbocycles. The lowest BCUT2D eigenvalue weighted by molar-refractivity contribution is -0.359. The number of carbonyl (C=O) groups excluding carboxylic acids is 1. The highest BCUT2D eigenvalue weighted by Crippen LogP contribution is 2.30. The van der Waals surface area contributed by atoms with Gasteiger partial charge in [-0.3, -0.25) is 4.79 Å². The summed E-state index contributed by atoms with van der Waals surface area (Å²) in [5, 5.41) is 87.0. The second kappa shape index (κ2) is 45.0. The highest BCUT2D eigenvalue weighted by Gasteiger charge is 2.51. The van der Waals surface area contributed by atoms with Gasteiger partial charge in [0, 0.05) is 6.42 Å². The average Bonchev–Trinajstić information content (AvgIpc) is 3.39. The van der Waals surface area contributed by atoms with E-state index in [-0.39, 0.29) is 18.9 Å². The SMILES string of the molecule is CCCCCCCCC/C=C\CCCCCCCC(=O)NC(COC1OC(CO)C(OC2OC(CO)C(O)C(O)C2O)C(O)C1O)C(O)/C=C/CC/C=C/CC/C=C/CCCCCCCCCCCCCCC. The minimum Gasteiger partial charge on any atom is -0.394 e. The Hall–Kier alpha value is -2.05. The molecule has 14 heteroatoms. The number of aliphatic hydroxyl groups is 8. The maximum absolute atomic E-state index is 13.2. The molecule has 0 aromatic carbocycles. The molecular weight excluding hydrogens is 931 g/mol. The molecule has 0 bridgehead atoms. The Bertz CT molecular complexity index is 1410. The van der Waals surface area contributed by atoms with Crippen LogP contribution in [0.4, 0.5) is 0 Å². The van der Waals surface area contributed by atoms with Crippen LogP contribution in [-0.4, -0.2) is 140 Å². The van der Waals surface area contributed by atoms with Gasteiger partial charge >= 0.3 is 0 Å². The van der Waals surface area contributed by atoms with Gasteiger partial charge in [0.05, 0.1) is 32.0 Å². The maximum atomic E-state index is 13.2. The molecule has 2 saturated heterocycles. The fourth-order valence-electron chi connectivity index (χ4n) is 9.44. The molecule has 0 radical (unpaired) electrons. The maximum Gasteiger partial charge on any atom is 0.220 e. The van der Waals surface area contributed by atoms with E-state index >= 15 is 0 Å². The van der Waals surface area contributed by atoms with Crippen LogP contribution in [0.1, 0.15) is 226 Å². The second-order valence-electron chi connectivity index (χ2n) is 20.7. The molecule has 73 heavy (non-hydrogen) atoms. The summed E-state index contributed by atoms with van der Waals surface area (Å²) in [6, 6.07) is -0.942. The van der Waals surface area contributed by atoms with Crippen molar-refractivity contribution in [3.63, 3.8) is 0 Å². The second-order valence-corrected chi connectivity index (χ2v) is 20.7. The summed E-state index contributed by atoms with van der Waals surface area (Å²) in [5.41, 5.74) is 0. The van der Waals surface area contributed by atoms with Gasteiger partial charge in [0.15, 0.2) is 12.6 Å². The molecule has 0 aromatic rings. The first-order chi connectivity index (χ1) is 35.6. The Morgan fingerprint density at radius 1 is 0.479 bits per heavy atom. The zero-order valence-corrected chi connectivity index (χ0v) is 45.6. The number of rotatable bonds is 46. The van der Waals surface area contributed by atoms with E-state index < -0.39 is 86.8 Å². The van der Waals surface area contributed by atoms with Gasteiger partial charge in [0.1, 0.15) is 48.8 Å². The lowest BCUT2D eigenvalue weighted by Crippen LogP contribution is -2.65. The van der Waals surface area contributed by atoms with Crippen molar-refractivity contribution >= 4 is 5.91 Å². The quantitative estimate of drug-likeness (QED) is 0.0205. The van der Waals surface area contributed by atoms with Crippen molar-refractivity contribution < 1.29 is 64.6 Å². The molecule has 2 aliphatic heterocycles. The number of carbonyl (C=O) groups is 1. The molecule has 2 heterocycles. The van der Waals surface area contributed by atoms with Gasteiger partial charge in [0.25, 0.3) is 0 Å². The highest BCUT2D eigenvalue weighted by atomic mass is 16.7. The number of hydrogen-bond acceptors (Lipinski definition) is 13. The molecule has 1 amide bonds. The topological polar surface area (TPSA) is 228 Å². The Morgan fingerprint density at radius 3 is 1.34 bits per heavy atom. The van der Waals surface area contributed by atoms with Crippen LogP contribution in [0.2, 0.25) is 0 Å². The Morgan fingerprint density at radius 2 is 0.877 bits per heavy atom. The molecule has 12 unspecified atom stereocenters. The van der Waals surface area contributed by atoms with Crippen LogP contribution in [0.15, 0.2) is 48.6 Å². The van der Waals surface area contributed by atoms with Crippen molar-refractivity contribution in [3.05, 3.63) is 48.6 Å². The van der Waals surface area contributed by atoms with Crippen LogP contribution < -0.4 is 5.32 Å². The van der Waals surface area contributed by atoms with Crippen LogP contribution in [0.25, 0.3) is 0 Å². The van der Waals surface area contributed by atoms with Crippen LogP contribution in [0.5, 0.6) is 0 Å². The van der Waals surface area contributed by atoms with E-state index in [1.54, 1.807) is 6.08 Å². The molecule has 2 fully saturated rings. The van der Waals surface area contributed by atoms with E-state index in [0.29, 0.717) is 12.8 Å². The monoisotopic (exact) mass is 1040 g/mol. The third-order valence-electron chi connectivity index (χ3n) is 14.2. The van der Waals surface area contributed by atoms with E-state index in [1.807, 2.05) is 6.08 Å². The van der Waals surface area contributed by atoms with Crippen molar-refractivity contribution in [1.29, 1.82) is 0 Å². The molecule has 2 aliphatic rings. The predicted molar refractivity (Wildman–Crippen MR) is 291 cm³/mol. The zero-order chi connectivity index (χ0) is 53.2. The summed E-state index contributed by atoms with van der Waals surface area (Å²) in [7, 11) is 0. The van der Waals surface area contributed by atoms with Gasteiger partial charge in [-0.1, -0.05) is 197 Å². The smallest absolute Gasteiger partial charge is 0.220 e. The first-order valence-corrected chi connectivity index (χ1v) is 29.4. The Balaban J connectivity index is 1.81. The average molecular weight is 1040 g/mol. The van der Waals surface area contributed by atoms with Gasteiger partial charge in [-0.2, -0.15) is 0 Å². The van der Waals surface area contributed by atoms with Crippen LogP contribution in [0, 0.1) is 0 Å². The van der Waals surface area contributed by atoms with Crippen molar-refractivity contribution in [2.75, 3.05) is 19.8 Å². The molecule has 9 N–H and O–H groups in total. The molecule has 426 valence electrons. The van der Waals surface area contributed by atoms with Crippen molar-refractivity contribution in [2.45, 2.75) is 299 Å². The van der Waals surface area contributed by atoms with Gasteiger partial charge in [-0.05, 0) is 70.6 Å². The lowest BCUT2D eigenvalue weighted by Gasteiger charge is -2.46. The Kier molecular flexibility index (Phi) is 41.4. The third-order valence-corrected chi connectivity index (χ3v) is 14.2. The minimum atomic E-state index is -1.79. The fraction of sp³-hybridized carbons (Fsp3) is 0.847. The zero-order valence-electron chi connectivity index (χ0n) is 45.6.